The van der Waals surface area contributed by atoms with Crippen LogP contribution in [0.25, 0.3) is 0 Å². The predicted octanol–water partition coefficient (Wildman–Crippen LogP) is 3.34. The lowest BCUT2D eigenvalue weighted by molar-refractivity contribution is -0.122. The number of ether oxygens (including phenoxy) is 1. The van der Waals surface area contributed by atoms with Gasteiger partial charge >= 0.3 is 0 Å². The van der Waals surface area contributed by atoms with Gasteiger partial charge in [-0.15, -0.1) is 0 Å². The van der Waals surface area contributed by atoms with Crippen LogP contribution in [-0.4, -0.2) is 35.3 Å². The zero-order valence-electron chi connectivity index (χ0n) is 15.6. The highest BCUT2D eigenvalue weighted by Gasteiger charge is 2.35. The van der Waals surface area contributed by atoms with E-state index >= 15 is 0 Å². The fourth-order valence-electron chi connectivity index (χ4n) is 2.90. The van der Waals surface area contributed by atoms with Crippen molar-refractivity contribution in [2.45, 2.75) is 26.9 Å². The van der Waals surface area contributed by atoms with Gasteiger partial charge < -0.3 is 10.1 Å². The minimum absolute atomic E-state index is 0.183. The molecule has 0 unspecified atom stereocenters. The second-order valence-electron chi connectivity index (χ2n) is 6.94. The van der Waals surface area contributed by atoms with Crippen LogP contribution in [0.15, 0.2) is 48.5 Å². The molecule has 0 aliphatic carbocycles. The van der Waals surface area contributed by atoms with E-state index < -0.39 is 6.10 Å². The minimum Gasteiger partial charge on any atom is -0.481 e. The molecule has 0 radical (unpaired) electrons. The molecule has 1 aliphatic heterocycles. The second-order valence-corrected chi connectivity index (χ2v) is 6.94. The van der Waals surface area contributed by atoms with E-state index in [9.17, 15) is 14.4 Å². The van der Waals surface area contributed by atoms with Gasteiger partial charge in [-0.3, -0.25) is 19.3 Å². The third-order valence-electron chi connectivity index (χ3n) is 4.21. The number of anilines is 1. The van der Waals surface area contributed by atoms with Crippen molar-refractivity contribution in [2.75, 3.05) is 11.9 Å². The van der Waals surface area contributed by atoms with E-state index in [-0.39, 0.29) is 23.6 Å². The quantitative estimate of drug-likeness (QED) is 0.796. The van der Waals surface area contributed by atoms with E-state index in [2.05, 4.69) is 5.32 Å². The van der Waals surface area contributed by atoms with Gasteiger partial charge in [0.2, 0.25) is 0 Å². The molecular formula is C21H22N2O4. The number of rotatable bonds is 6. The summed E-state index contributed by atoms with van der Waals surface area (Å²) in [6.45, 7) is 5.91. The van der Waals surface area contributed by atoms with E-state index in [0.717, 1.165) is 0 Å². The summed E-state index contributed by atoms with van der Waals surface area (Å²) in [5.41, 5.74) is 1.14. The van der Waals surface area contributed by atoms with Crippen molar-refractivity contribution in [1.82, 2.24) is 4.90 Å². The average molecular weight is 366 g/mol. The molecule has 2 aromatic carbocycles. The number of para-hydroxylation sites is 1. The molecule has 0 aromatic heterocycles. The number of amides is 3. The van der Waals surface area contributed by atoms with Crippen molar-refractivity contribution < 1.29 is 19.1 Å². The molecule has 1 aliphatic rings. The lowest BCUT2D eigenvalue weighted by atomic mass is 10.1. The molecule has 0 spiro atoms. The summed E-state index contributed by atoms with van der Waals surface area (Å²) >= 11 is 0. The maximum Gasteiger partial charge on any atom is 0.265 e. The Kier molecular flexibility index (Phi) is 5.26. The number of imide groups is 1. The Hall–Kier alpha value is -3.15. The van der Waals surface area contributed by atoms with Crippen molar-refractivity contribution in [3.8, 4) is 5.75 Å². The maximum atomic E-state index is 12.5. The molecule has 3 rings (SSSR count). The number of benzene rings is 2. The third kappa shape index (κ3) is 4.00. The van der Waals surface area contributed by atoms with Crippen molar-refractivity contribution in [3.63, 3.8) is 0 Å². The van der Waals surface area contributed by atoms with Crippen LogP contribution in [0.5, 0.6) is 5.75 Å². The van der Waals surface area contributed by atoms with Crippen LogP contribution >= 0.6 is 0 Å². The van der Waals surface area contributed by atoms with E-state index in [1.54, 1.807) is 37.3 Å². The summed E-state index contributed by atoms with van der Waals surface area (Å²) in [4.78, 5) is 38.5. The summed E-state index contributed by atoms with van der Waals surface area (Å²) in [6, 6.07) is 13.8. The molecule has 2 aromatic rings. The smallest absolute Gasteiger partial charge is 0.265 e. The Morgan fingerprint density at radius 2 is 1.67 bits per heavy atom. The highest BCUT2D eigenvalue weighted by molar-refractivity contribution is 6.21. The van der Waals surface area contributed by atoms with Crippen LogP contribution in [0.2, 0.25) is 0 Å². The van der Waals surface area contributed by atoms with Crippen LogP contribution in [-0.2, 0) is 4.79 Å². The van der Waals surface area contributed by atoms with E-state index in [0.29, 0.717) is 29.1 Å². The maximum absolute atomic E-state index is 12.5. The van der Waals surface area contributed by atoms with Gasteiger partial charge in [-0.05, 0) is 43.2 Å². The lowest BCUT2D eigenvalue weighted by Gasteiger charge is -2.15. The summed E-state index contributed by atoms with van der Waals surface area (Å²) in [6.07, 6.45) is -0.713. The Balaban J connectivity index is 1.71. The summed E-state index contributed by atoms with van der Waals surface area (Å²) < 4.78 is 5.60. The largest absolute Gasteiger partial charge is 0.481 e. The van der Waals surface area contributed by atoms with Crippen molar-refractivity contribution in [2.24, 2.45) is 5.92 Å². The van der Waals surface area contributed by atoms with Crippen LogP contribution in [0, 0.1) is 5.92 Å². The summed E-state index contributed by atoms with van der Waals surface area (Å²) in [7, 11) is 0. The van der Waals surface area contributed by atoms with Gasteiger partial charge in [0, 0.05) is 12.2 Å². The van der Waals surface area contributed by atoms with Gasteiger partial charge in [0.1, 0.15) is 5.75 Å². The molecule has 3 amide bonds. The number of carbonyl (C=O) groups excluding carboxylic acids is 3. The zero-order valence-corrected chi connectivity index (χ0v) is 15.6. The molecule has 1 atom stereocenters. The Morgan fingerprint density at radius 3 is 2.33 bits per heavy atom. The SMILES string of the molecule is CC(C)CN1C(=O)c2ccc(NC(=O)[C@@H](C)Oc3ccccc3)cc2C1=O. The number of fused-ring (bicyclic) bond motifs is 1. The van der Waals surface area contributed by atoms with Crippen LogP contribution in [0.4, 0.5) is 5.69 Å². The molecule has 1 heterocycles. The van der Waals surface area contributed by atoms with E-state index in [1.807, 2.05) is 32.0 Å². The van der Waals surface area contributed by atoms with Crippen molar-refractivity contribution in [1.29, 1.82) is 0 Å². The second kappa shape index (κ2) is 7.61. The molecule has 6 nitrogen and oxygen atoms in total. The Morgan fingerprint density at radius 1 is 1.00 bits per heavy atom. The molecule has 0 saturated carbocycles. The van der Waals surface area contributed by atoms with Crippen molar-refractivity contribution in [3.05, 3.63) is 59.7 Å². The van der Waals surface area contributed by atoms with Gasteiger partial charge in [0.25, 0.3) is 17.7 Å². The molecule has 140 valence electrons. The molecule has 0 fully saturated rings. The standard InChI is InChI=1S/C21H22N2O4/c1-13(2)12-23-20(25)17-10-9-15(11-18(17)21(23)26)22-19(24)14(3)27-16-7-5-4-6-8-16/h4-11,13-14H,12H2,1-3H3,(H,22,24)/t14-/m1/s1. The van der Waals surface area contributed by atoms with E-state index in [1.165, 1.54) is 4.90 Å². The number of carbonyl (C=O) groups is 3. The fourth-order valence-corrected chi connectivity index (χ4v) is 2.90. The number of hydrogen-bond acceptors (Lipinski definition) is 4. The van der Waals surface area contributed by atoms with Crippen LogP contribution in [0.3, 0.4) is 0 Å². The van der Waals surface area contributed by atoms with Gasteiger partial charge in [0.05, 0.1) is 11.1 Å². The van der Waals surface area contributed by atoms with E-state index in [4.69, 9.17) is 4.74 Å². The first-order chi connectivity index (χ1) is 12.9. The average Bonchev–Trinajstić information content (AvgIpc) is 2.87. The molecule has 1 N–H and O–H groups in total. The van der Waals surface area contributed by atoms with Crippen LogP contribution < -0.4 is 10.1 Å². The number of nitrogens with zero attached hydrogens (tertiary/aromatic N) is 1. The molecular weight excluding hydrogens is 344 g/mol. The van der Waals surface area contributed by atoms with Gasteiger partial charge in [-0.1, -0.05) is 32.0 Å². The summed E-state index contributed by atoms with van der Waals surface area (Å²) in [5.74, 6) is -0.174. The fraction of sp³-hybridized carbons (Fsp3) is 0.286. The number of hydrogen-bond donors (Lipinski definition) is 1. The minimum atomic E-state index is -0.713. The third-order valence-corrected chi connectivity index (χ3v) is 4.21. The first kappa shape index (κ1) is 18.6. The molecule has 27 heavy (non-hydrogen) atoms. The molecule has 6 heteroatoms. The zero-order chi connectivity index (χ0) is 19.6. The monoisotopic (exact) mass is 366 g/mol. The highest BCUT2D eigenvalue weighted by Crippen LogP contribution is 2.26. The van der Waals surface area contributed by atoms with Gasteiger partial charge in [-0.2, -0.15) is 0 Å². The number of nitrogens with one attached hydrogen (secondary N) is 1. The summed E-state index contributed by atoms with van der Waals surface area (Å²) in [5, 5.41) is 2.74. The van der Waals surface area contributed by atoms with Gasteiger partial charge in [0.15, 0.2) is 6.10 Å². The van der Waals surface area contributed by atoms with Crippen LogP contribution in [0.1, 0.15) is 41.5 Å². The normalized spacial score (nSPS) is 14.3. The van der Waals surface area contributed by atoms with Gasteiger partial charge in [-0.25, -0.2) is 0 Å². The highest BCUT2D eigenvalue weighted by atomic mass is 16.5. The molecule has 0 bridgehead atoms. The lowest BCUT2D eigenvalue weighted by Crippen LogP contribution is -2.33. The first-order valence-electron chi connectivity index (χ1n) is 8.89. The first-order valence-corrected chi connectivity index (χ1v) is 8.89. The predicted molar refractivity (Wildman–Crippen MR) is 102 cm³/mol. The molecule has 0 saturated heterocycles. The Bertz CT molecular complexity index is 877. The Labute approximate surface area is 158 Å². The topological polar surface area (TPSA) is 75.7 Å². The van der Waals surface area contributed by atoms with Crippen molar-refractivity contribution >= 4 is 23.4 Å².